The first-order valence-electron chi connectivity index (χ1n) is 7.75. The van der Waals surface area contributed by atoms with Gasteiger partial charge < -0.3 is 10.2 Å². The fraction of sp³-hybridized carbons (Fsp3) is 1.00. The largest absolute Gasteiger partial charge is 0.314 e. The Balaban J connectivity index is 2.12. The second kappa shape index (κ2) is 8.93. The minimum atomic E-state index is 0.786. The van der Waals surface area contributed by atoms with Gasteiger partial charge >= 0.3 is 0 Å². The van der Waals surface area contributed by atoms with Crippen LogP contribution in [0.15, 0.2) is 0 Å². The van der Waals surface area contributed by atoms with Crippen LogP contribution < -0.4 is 5.32 Å². The molecule has 1 aliphatic heterocycles. The lowest BCUT2D eigenvalue weighted by Crippen LogP contribution is -2.43. The predicted octanol–water partition coefficient (Wildman–Crippen LogP) is 3.28. The monoisotopic (exact) mass is 240 g/mol. The molecule has 0 spiro atoms. The van der Waals surface area contributed by atoms with Crippen LogP contribution in [0.2, 0.25) is 0 Å². The van der Waals surface area contributed by atoms with Crippen molar-refractivity contribution in [2.75, 3.05) is 26.2 Å². The predicted molar refractivity (Wildman–Crippen MR) is 76.4 cm³/mol. The van der Waals surface area contributed by atoms with Gasteiger partial charge in [0.15, 0.2) is 0 Å². The van der Waals surface area contributed by atoms with E-state index in [-0.39, 0.29) is 0 Å². The maximum atomic E-state index is 3.80. The Kier molecular flexibility index (Phi) is 7.87. The highest BCUT2D eigenvalue weighted by molar-refractivity contribution is 4.77. The summed E-state index contributed by atoms with van der Waals surface area (Å²) in [6, 6.07) is 0.786. The van der Waals surface area contributed by atoms with Crippen molar-refractivity contribution in [3.63, 3.8) is 0 Å². The molecule has 1 N–H and O–H groups in total. The van der Waals surface area contributed by atoms with Crippen LogP contribution in [0.1, 0.15) is 59.3 Å². The molecule has 2 nitrogen and oxygen atoms in total. The number of nitrogens with one attached hydrogen (secondary N) is 1. The second-order valence-electron chi connectivity index (χ2n) is 5.53. The zero-order valence-electron chi connectivity index (χ0n) is 12.2. The van der Waals surface area contributed by atoms with Gasteiger partial charge in [0, 0.05) is 6.04 Å². The van der Waals surface area contributed by atoms with E-state index in [0.717, 1.165) is 12.0 Å². The molecule has 1 rings (SSSR count). The molecule has 2 heteroatoms. The summed E-state index contributed by atoms with van der Waals surface area (Å²) in [5.41, 5.74) is 0. The molecule has 1 aliphatic rings. The molecule has 102 valence electrons. The van der Waals surface area contributed by atoms with Gasteiger partial charge in [-0.25, -0.2) is 0 Å². The minimum Gasteiger partial charge on any atom is -0.314 e. The van der Waals surface area contributed by atoms with E-state index in [1.807, 2.05) is 0 Å². The van der Waals surface area contributed by atoms with Gasteiger partial charge in [-0.15, -0.1) is 0 Å². The maximum Gasteiger partial charge on any atom is 0.00915 e. The lowest BCUT2D eigenvalue weighted by Gasteiger charge is -2.32. The van der Waals surface area contributed by atoms with Crippen molar-refractivity contribution in [1.82, 2.24) is 10.2 Å². The fourth-order valence-corrected chi connectivity index (χ4v) is 2.73. The third-order valence-electron chi connectivity index (χ3n) is 4.27. The van der Waals surface area contributed by atoms with Crippen LogP contribution in [-0.4, -0.2) is 37.1 Å². The smallest absolute Gasteiger partial charge is 0.00915 e. The topological polar surface area (TPSA) is 15.3 Å². The van der Waals surface area contributed by atoms with E-state index in [2.05, 4.69) is 31.0 Å². The van der Waals surface area contributed by atoms with Crippen molar-refractivity contribution in [2.45, 2.75) is 65.3 Å². The van der Waals surface area contributed by atoms with Gasteiger partial charge in [0.25, 0.3) is 0 Å². The van der Waals surface area contributed by atoms with Gasteiger partial charge in [-0.2, -0.15) is 0 Å². The van der Waals surface area contributed by atoms with E-state index in [0.29, 0.717) is 0 Å². The van der Waals surface area contributed by atoms with Crippen LogP contribution in [0.4, 0.5) is 0 Å². The van der Waals surface area contributed by atoms with Crippen LogP contribution in [0.25, 0.3) is 0 Å². The Bertz CT molecular complexity index is 174. The Hall–Kier alpha value is -0.0800. The van der Waals surface area contributed by atoms with Crippen molar-refractivity contribution in [1.29, 1.82) is 0 Å². The van der Waals surface area contributed by atoms with Crippen LogP contribution in [-0.2, 0) is 0 Å². The first-order chi connectivity index (χ1) is 8.30. The van der Waals surface area contributed by atoms with Crippen molar-refractivity contribution >= 4 is 0 Å². The Labute approximate surface area is 108 Å². The number of hydrogen-bond acceptors (Lipinski definition) is 2. The molecule has 17 heavy (non-hydrogen) atoms. The molecular formula is C15H32N2. The summed E-state index contributed by atoms with van der Waals surface area (Å²) in [5.74, 6) is 0.902. The molecule has 1 atom stereocenters. The average Bonchev–Trinajstić information content (AvgIpc) is 2.39. The molecule has 0 aromatic rings. The fourth-order valence-electron chi connectivity index (χ4n) is 2.73. The maximum absolute atomic E-state index is 3.80. The molecule has 1 heterocycles. The highest BCUT2D eigenvalue weighted by Gasteiger charge is 2.18. The van der Waals surface area contributed by atoms with Crippen molar-refractivity contribution in [3.05, 3.63) is 0 Å². The Morgan fingerprint density at radius 3 is 2.41 bits per heavy atom. The van der Waals surface area contributed by atoms with Gasteiger partial charge in [-0.1, -0.05) is 40.0 Å². The molecule has 0 aromatic carbocycles. The summed E-state index contributed by atoms with van der Waals surface area (Å²) in [4.78, 5) is 2.56. The van der Waals surface area contributed by atoms with Crippen molar-refractivity contribution in [3.8, 4) is 0 Å². The van der Waals surface area contributed by atoms with Crippen LogP contribution in [0.5, 0.6) is 0 Å². The summed E-state index contributed by atoms with van der Waals surface area (Å²) in [7, 11) is 0. The lowest BCUT2D eigenvalue weighted by atomic mass is 9.98. The number of nitrogens with zero attached hydrogens (tertiary/aromatic N) is 1. The molecule has 0 amide bonds. The van der Waals surface area contributed by atoms with Gasteiger partial charge in [0.05, 0.1) is 0 Å². The van der Waals surface area contributed by atoms with Crippen LogP contribution in [0.3, 0.4) is 0 Å². The molecule has 0 saturated carbocycles. The standard InChI is InChI=1S/C15H32N2/c1-4-7-8-14(5-2)13-16-15-9-11-17(6-3)12-10-15/h14-16H,4-13H2,1-3H3. The van der Waals surface area contributed by atoms with Gasteiger partial charge in [-0.3, -0.25) is 0 Å². The van der Waals surface area contributed by atoms with Crippen molar-refractivity contribution < 1.29 is 0 Å². The molecule has 0 radical (unpaired) electrons. The van der Waals surface area contributed by atoms with E-state index in [1.165, 1.54) is 64.7 Å². The highest BCUT2D eigenvalue weighted by atomic mass is 15.1. The van der Waals surface area contributed by atoms with Crippen molar-refractivity contribution in [2.24, 2.45) is 5.92 Å². The third kappa shape index (κ3) is 5.87. The van der Waals surface area contributed by atoms with Gasteiger partial charge in [-0.05, 0) is 51.4 Å². The molecule has 0 aromatic heterocycles. The lowest BCUT2D eigenvalue weighted by molar-refractivity contribution is 0.201. The first kappa shape index (κ1) is 15.0. The molecule has 1 fully saturated rings. The SMILES string of the molecule is CCCCC(CC)CNC1CCN(CC)CC1. The Morgan fingerprint density at radius 2 is 1.88 bits per heavy atom. The normalized spacial score (nSPS) is 20.6. The van der Waals surface area contributed by atoms with E-state index in [4.69, 9.17) is 0 Å². The number of hydrogen-bond donors (Lipinski definition) is 1. The summed E-state index contributed by atoms with van der Waals surface area (Å²) in [6.45, 7) is 11.9. The number of rotatable bonds is 8. The van der Waals surface area contributed by atoms with Crippen LogP contribution in [0, 0.1) is 5.92 Å². The van der Waals surface area contributed by atoms with Gasteiger partial charge in [0.1, 0.15) is 0 Å². The third-order valence-corrected chi connectivity index (χ3v) is 4.27. The molecule has 1 saturated heterocycles. The number of likely N-dealkylation sites (tertiary alicyclic amines) is 1. The number of piperidine rings is 1. The minimum absolute atomic E-state index is 0.786. The Morgan fingerprint density at radius 1 is 1.18 bits per heavy atom. The summed E-state index contributed by atoms with van der Waals surface area (Å²) >= 11 is 0. The number of unbranched alkanes of at least 4 members (excludes halogenated alkanes) is 1. The highest BCUT2D eigenvalue weighted by Crippen LogP contribution is 2.14. The molecule has 0 bridgehead atoms. The van der Waals surface area contributed by atoms with Gasteiger partial charge in [0.2, 0.25) is 0 Å². The quantitative estimate of drug-likeness (QED) is 0.700. The average molecular weight is 240 g/mol. The molecule has 1 unspecified atom stereocenters. The van der Waals surface area contributed by atoms with E-state index >= 15 is 0 Å². The molecule has 0 aliphatic carbocycles. The molecular weight excluding hydrogens is 208 g/mol. The summed E-state index contributed by atoms with van der Waals surface area (Å²) in [6.07, 6.45) is 8.17. The van der Waals surface area contributed by atoms with Crippen LogP contribution >= 0.6 is 0 Å². The first-order valence-corrected chi connectivity index (χ1v) is 7.75. The van der Waals surface area contributed by atoms with E-state index < -0.39 is 0 Å². The zero-order chi connectivity index (χ0) is 12.5. The zero-order valence-corrected chi connectivity index (χ0v) is 12.2. The van der Waals surface area contributed by atoms with E-state index in [9.17, 15) is 0 Å². The summed E-state index contributed by atoms with van der Waals surface area (Å²) in [5, 5.41) is 3.80. The van der Waals surface area contributed by atoms with E-state index in [1.54, 1.807) is 0 Å². The second-order valence-corrected chi connectivity index (χ2v) is 5.53. The summed E-state index contributed by atoms with van der Waals surface area (Å²) < 4.78 is 0.